The van der Waals surface area contributed by atoms with Gasteiger partial charge in [-0.15, -0.1) is 24.3 Å². The van der Waals surface area contributed by atoms with Crippen molar-refractivity contribution in [3.8, 4) is 22.5 Å². The molecule has 0 aliphatic carbocycles. The van der Waals surface area contributed by atoms with Crippen LogP contribution in [0.4, 0.5) is 0 Å². The normalized spacial score (nSPS) is 10.8. The van der Waals surface area contributed by atoms with Crippen molar-refractivity contribution in [3.63, 3.8) is 0 Å². The number of aromatic nitrogens is 2. The third-order valence-electron chi connectivity index (χ3n) is 4.31. The van der Waals surface area contributed by atoms with Crippen LogP contribution in [-0.4, -0.2) is 9.97 Å². The van der Waals surface area contributed by atoms with Gasteiger partial charge in [0.2, 0.25) is 0 Å². The van der Waals surface area contributed by atoms with Crippen molar-refractivity contribution in [2.45, 2.75) is 4.90 Å². The van der Waals surface area contributed by atoms with Crippen LogP contribution in [0.5, 0.6) is 0 Å². The molecule has 5 aromatic rings. The van der Waals surface area contributed by atoms with Crippen LogP contribution >= 0.6 is 0 Å². The molecule has 3 nitrogen and oxygen atoms in total. The molecule has 0 unspecified atom stereocenters. The Morgan fingerprint density at radius 3 is 2.41 bits per heavy atom. The van der Waals surface area contributed by atoms with E-state index in [-0.39, 0.29) is 16.5 Å². The number of pyridine rings is 2. The SMILES string of the molecule is [Ni+2].[S-]c1cccc2oc3ccc(-c4[c-]c(-c5ccccn5)ccc4)nc3c12. The minimum absolute atomic E-state index is 0. The fourth-order valence-corrected chi connectivity index (χ4v) is 3.37. The molecule has 0 N–H and O–H groups in total. The van der Waals surface area contributed by atoms with E-state index in [1.54, 1.807) is 6.20 Å². The van der Waals surface area contributed by atoms with Crippen molar-refractivity contribution in [1.82, 2.24) is 9.97 Å². The summed E-state index contributed by atoms with van der Waals surface area (Å²) < 4.78 is 5.87. The van der Waals surface area contributed by atoms with E-state index in [0.717, 1.165) is 49.5 Å². The van der Waals surface area contributed by atoms with Gasteiger partial charge in [-0.25, -0.2) is 0 Å². The summed E-state index contributed by atoms with van der Waals surface area (Å²) in [5, 5.41) is 0.889. The van der Waals surface area contributed by atoms with Crippen LogP contribution in [0.1, 0.15) is 0 Å². The second kappa shape index (κ2) is 7.11. The molecule has 2 aromatic carbocycles. The molecule has 5 rings (SSSR count). The number of hydrogen-bond donors (Lipinski definition) is 0. The average molecular weight is 411 g/mol. The maximum absolute atomic E-state index is 5.87. The van der Waals surface area contributed by atoms with Gasteiger partial charge in [0.25, 0.3) is 0 Å². The number of benzene rings is 2. The van der Waals surface area contributed by atoms with Gasteiger partial charge in [-0.3, -0.25) is 9.97 Å². The van der Waals surface area contributed by atoms with E-state index in [0.29, 0.717) is 0 Å². The molecular formula is C22H12N2NiOS. The summed E-state index contributed by atoms with van der Waals surface area (Å²) in [4.78, 5) is 9.96. The van der Waals surface area contributed by atoms with Gasteiger partial charge < -0.3 is 17.0 Å². The molecule has 0 saturated heterocycles. The van der Waals surface area contributed by atoms with E-state index in [2.05, 4.69) is 11.1 Å². The predicted octanol–water partition coefficient (Wildman–Crippen LogP) is 5.41. The molecule has 0 spiro atoms. The summed E-state index contributed by atoms with van der Waals surface area (Å²) in [6.07, 6.45) is 1.78. The maximum Gasteiger partial charge on any atom is 2.00 e. The molecule has 0 bridgehead atoms. The molecule has 0 amide bonds. The van der Waals surface area contributed by atoms with E-state index in [4.69, 9.17) is 22.0 Å². The molecule has 0 saturated carbocycles. The summed E-state index contributed by atoms with van der Waals surface area (Å²) in [7, 11) is 0. The zero-order chi connectivity index (χ0) is 17.5. The summed E-state index contributed by atoms with van der Waals surface area (Å²) in [6.45, 7) is 0. The molecule has 5 heteroatoms. The molecule has 0 aliphatic rings. The van der Waals surface area contributed by atoms with Crippen molar-refractivity contribution < 1.29 is 20.9 Å². The molecule has 0 aliphatic heterocycles. The first kappa shape index (κ1) is 17.7. The average Bonchev–Trinajstić information content (AvgIpc) is 3.08. The van der Waals surface area contributed by atoms with Gasteiger partial charge in [-0.2, -0.15) is 4.90 Å². The molecular weight excluding hydrogens is 399 g/mol. The Bertz CT molecular complexity index is 1250. The fourth-order valence-electron chi connectivity index (χ4n) is 3.10. The first-order valence-corrected chi connectivity index (χ1v) is 8.64. The number of furan rings is 1. The smallest absolute Gasteiger partial charge is 0.779 e. The summed E-state index contributed by atoms with van der Waals surface area (Å²) >= 11 is 5.46. The third kappa shape index (κ3) is 3.10. The molecule has 0 radical (unpaired) electrons. The topological polar surface area (TPSA) is 38.9 Å². The van der Waals surface area contributed by atoms with E-state index in [9.17, 15) is 0 Å². The van der Waals surface area contributed by atoms with E-state index in [1.165, 1.54) is 0 Å². The monoisotopic (exact) mass is 410 g/mol. The van der Waals surface area contributed by atoms with Crippen molar-refractivity contribution in [1.29, 1.82) is 0 Å². The van der Waals surface area contributed by atoms with Crippen molar-refractivity contribution in [2.24, 2.45) is 0 Å². The van der Waals surface area contributed by atoms with Crippen LogP contribution in [-0.2, 0) is 29.1 Å². The Kier molecular flexibility index (Phi) is 4.65. The van der Waals surface area contributed by atoms with Crippen LogP contribution in [0.25, 0.3) is 44.6 Å². The summed E-state index contributed by atoms with van der Waals surface area (Å²) in [5.74, 6) is 0. The van der Waals surface area contributed by atoms with Gasteiger partial charge in [0.15, 0.2) is 5.58 Å². The van der Waals surface area contributed by atoms with Gasteiger partial charge in [0, 0.05) is 23.0 Å². The van der Waals surface area contributed by atoms with Gasteiger partial charge in [-0.05, 0) is 18.2 Å². The van der Waals surface area contributed by atoms with Crippen LogP contribution in [0.2, 0.25) is 0 Å². The zero-order valence-corrected chi connectivity index (χ0v) is 15.8. The Morgan fingerprint density at radius 2 is 1.59 bits per heavy atom. The standard InChI is InChI=1S/C22H13N2OS.Ni/c26-20-9-4-8-18-21(20)22-19(25-18)11-10-17(24-22)15-6-3-5-14(13-15)16-7-1-2-12-23-16;/h1-12,26H;/q-1;+2/p-1. The molecule has 132 valence electrons. The number of fused-ring (bicyclic) bond motifs is 3. The van der Waals surface area contributed by atoms with Gasteiger partial charge >= 0.3 is 16.5 Å². The summed E-state index contributed by atoms with van der Waals surface area (Å²) in [6, 6.07) is 24.8. The minimum Gasteiger partial charge on any atom is -0.779 e. The zero-order valence-electron chi connectivity index (χ0n) is 14.0. The molecule has 3 heterocycles. The van der Waals surface area contributed by atoms with E-state index >= 15 is 0 Å². The van der Waals surface area contributed by atoms with Gasteiger partial charge in [0.1, 0.15) is 11.1 Å². The van der Waals surface area contributed by atoms with Crippen LogP contribution in [0.3, 0.4) is 0 Å². The van der Waals surface area contributed by atoms with Crippen LogP contribution in [0.15, 0.2) is 82.2 Å². The van der Waals surface area contributed by atoms with Gasteiger partial charge in [-0.1, -0.05) is 41.5 Å². The quantitative estimate of drug-likeness (QED) is 0.221. The largest absolute Gasteiger partial charge is 2.00 e. The molecule has 27 heavy (non-hydrogen) atoms. The molecule has 3 aromatic heterocycles. The predicted molar refractivity (Wildman–Crippen MR) is 105 cm³/mol. The summed E-state index contributed by atoms with van der Waals surface area (Å²) in [5.41, 5.74) is 5.86. The Hall–Kier alpha value is -2.75. The van der Waals surface area contributed by atoms with E-state index < -0.39 is 0 Å². The second-order valence-corrected chi connectivity index (χ2v) is 6.41. The third-order valence-corrected chi connectivity index (χ3v) is 4.66. The van der Waals surface area contributed by atoms with Gasteiger partial charge in [0.05, 0.1) is 0 Å². The van der Waals surface area contributed by atoms with Crippen molar-refractivity contribution in [2.75, 3.05) is 0 Å². The Labute approximate surface area is 171 Å². The first-order chi connectivity index (χ1) is 12.8. The maximum atomic E-state index is 5.87. The number of hydrogen-bond acceptors (Lipinski definition) is 4. The minimum atomic E-state index is 0. The Balaban J connectivity index is 0.00000180. The van der Waals surface area contributed by atoms with Crippen molar-refractivity contribution in [3.05, 3.63) is 79.0 Å². The molecule has 0 fully saturated rings. The second-order valence-electron chi connectivity index (χ2n) is 5.97. The van der Waals surface area contributed by atoms with Crippen molar-refractivity contribution >= 4 is 34.7 Å². The first-order valence-electron chi connectivity index (χ1n) is 8.23. The van der Waals surface area contributed by atoms with Crippen LogP contribution < -0.4 is 0 Å². The number of nitrogens with zero attached hydrogens (tertiary/aromatic N) is 2. The van der Waals surface area contributed by atoms with E-state index in [1.807, 2.05) is 66.7 Å². The van der Waals surface area contributed by atoms with Crippen LogP contribution in [0, 0.1) is 6.07 Å². The number of rotatable bonds is 2. The fraction of sp³-hybridized carbons (Fsp3) is 0. The molecule has 0 atom stereocenters. The Morgan fingerprint density at radius 1 is 0.778 bits per heavy atom.